The minimum atomic E-state index is -0.358. The number of aromatic nitrogens is 2. The number of methoxy groups -OCH3 is 1. The van der Waals surface area contributed by atoms with E-state index in [1.165, 1.54) is 18.1 Å². The van der Waals surface area contributed by atoms with Gasteiger partial charge >= 0.3 is 0 Å². The summed E-state index contributed by atoms with van der Waals surface area (Å²) in [7, 11) is 1.64. The van der Waals surface area contributed by atoms with Gasteiger partial charge in [0.15, 0.2) is 0 Å². The van der Waals surface area contributed by atoms with Crippen LogP contribution in [0.1, 0.15) is 6.92 Å². The van der Waals surface area contributed by atoms with Crippen LogP contribution in [0.15, 0.2) is 41.0 Å². The Bertz CT molecular complexity index is 846. The Hall–Kier alpha value is -2.12. The summed E-state index contributed by atoms with van der Waals surface area (Å²) < 4.78 is 5.20. The molecule has 0 radical (unpaired) electrons. The number of thiophene rings is 1. The number of nitrogens with two attached hydrogens (primary N) is 1. The van der Waals surface area contributed by atoms with E-state index in [4.69, 9.17) is 10.5 Å². The van der Waals surface area contributed by atoms with Crippen LogP contribution in [0.25, 0.3) is 21.3 Å². The molecule has 3 aromatic rings. The number of nitrogens with zero attached hydrogens (tertiary/aromatic N) is 2. The van der Waals surface area contributed by atoms with Gasteiger partial charge in [-0.1, -0.05) is 23.9 Å². The topological polar surface area (TPSA) is 78.1 Å². The van der Waals surface area contributed by atoms with Gasteiger partial charge in [-0.2, -0.15) is 0 Å². The van der Waals surface area contributed by atoms with Gasteiger partial charge in [0.05, 0.1) is 17.7 Å². The standard InChI is InChI=1S/C16H15N3O2S2/c1-9(14(17)20)23-16-13-12(7-22-15(13)18-8-19-16)10-3-5-11(21-2)6-4-10/h3-9H,1-2H3,(H2,17,20). The molecule has 23 heavy (non-hydrogen) atoms. The van der Waals surface area contributed by atoms with E-state index in [-0.39, 0.29) is 11.2 Å². The molecule has 2 N–H and O–H groups in total. The third-order valence-electron chi connectivity index (χ3n) is 3.43. The number of ether oxygens (including phenoxy) is 1. The zero-order chi connectivity index (χ0) is 16.4. The van der Waals surface area contributed by atoms with E-state index in [0.717, 1.165) is 32.1 Å². The molecule has 3 rings (SSSR count). The van der Waals surface area contributed by atoms with Gasteiger partial charge in [-0.15, -0.1) is 11.3 Å². The smallest absolute Gasteiger partial charge is 0.230 e. The molecule has 118 valence electrons. The van der Waals surface area contributed by atoms with Gasteiger partial charge in [-0.3, -0.25) is 4.79 Å². The predicted molar refractivity (Wildman–Crippen MR) is 93.9 cm³/mol. The second kappa shape index (κ2) is 6.55. The Balaban J connectivity index is 2.08. The van der Waals surface area contributed by atoms with Crippen LogP contribution in [0.3, 0.4) is 0 Å². The summed E-state index contributed by atoms with van der Waals surface area (Å²) in [6.45, 7) is 1.78. The van der Waals surface area contributed by atoms with Crippen LogP contribution in [0.2, 0.25) is 0 Å². The van der Waals surface area contributed by atoms with Crippen LogP contribution in [0, 0.1) is 0 Å². The van der Waals surface area contributed by atoms with Crippen molar-refractivity contribution in [1.82, 2.24) is 9.97 Å². The van der Waals surface area contributed by atoms with E-state index in [1.54, 1.807) is 25.4 Å². The molecule has 1 aromatic carbocycles. The maximum atomic E-state index is 11.4. The molecule has 0 aliphatic carbocycles. The molecule has 0 bridgehead atoms. The third kappa shape index (κ3) is 3.16. The van der Waals surface area contributed by atoms with Crippen molar-refractivity contribution in [2.24, 2.45) is 5.73 Å². The highest BCUT2D eigenvalue weighted by Crippen LogP contribution is 2.39. The molecular formula is C16H15N3O2S2. The highest BCUT2D eigenvalue weighted by molar-refractivity contribution is 8.00. The van der Waals surface area contributed by atoms with Crippen molar-refractivity contribution >= 4 is 39.2 Å². The lowest BCUT2D eigenvalue weighted by Crippen LogP contribution is -2.22. The maximum absolute atomic E-state index is 11.4. The zero-order valence-corrected chi connectivity index (χ0v) is 14.3. The highest BCUT2D eigenvalue weighted by Gasteiger charge is 2.18. The number of thioether (sulfide) groups is 1. The summed E-state index contributed by atoms with van der Waals surface area (Å²) in [5.74, 6) is 0.449. The van der Waals surface area contributed by atoms with Crippen LogP contribution >= 0.6 is 23.1 Å². The lowest BCUT2D eigenvalue weighted by molar-refractivity contribution is -0.117. The quantitative estimate of drug-likeness (QED) is 0.567. The van der Waals surface area contributed by atoms with Crippen molar-refractivity contribution in [3.05, 3.63) is 36.0 Å². The first-order valence-corrected chi connectivity index (χ1v) is 8.68. The highest BCUT2D eigenvalue weighted by atomic mass is 32.2. The van der Waals surface area contributed by atoms with Crippen LogP contribution < -0.4 is 10.5 Å². The summed E-state index contributed by atoms with van der Waals surface area (Å²) in [6.07, 6.45) is 1.52. The number of carbonyl (C=O) groups is 1. The average molecular weight is 345 g/mol. The van der Waals surface area contributed by atoms with Gasteiger partial charge in [0.25, 0.3) is 0 Å². The molecule has 1 atom stereocenters. The van der Waals surface area contributed by atoms with Crippen LogP contribution in [-0.4, -0.2) is 28.2 Å². The summed E-state index contributed by atoms with van der Waals surface area (Å²) in [6, 6.07) is 7.83. The largest absolute Gasteiger partial charge is 0.497 e. The van der Waals surface area contributed by atoms with E-state index < -0.39 is 0 Å². The molecule has 0 spiro atoms. The first-order valence-electron chi connectivity index (χ1n) is 6.92. The SMILES string of the molecule is COc1ccc(-c2csc3ncnc(SC(C)C(N)=O)c23)cc1. The molecular weight excluding hydrogens is 330 g/mol. The summed E-state index contributed by atoms with van der Waals surface area (Å²) in [5.41, 5.74) is 7.47. The van der Waals surface area contributed by atoms with Gasteiger partial charge < -0.3 is 10.5 Å². The fraction of sp³-hybridized carbons (Fsp3) is 0.188. The Labute approximate surface area is 141 Å². The van der Waals surface area contributed by atoms with Crippen molar-refractivity contribution < 1.29 is 9.53 Å². The molecule has 5 nitrogen and oxygen atoms in total. The lowest BCUT2D eigenvalue weighted by atomic mass is 10.1. The van der Waals surface area contributed by atoms with Gasteiger partial charge in [0.2, 0.25) is 5.91 Å². The maximum Gasteiger partial charge on any atom is 0.230 e. The van der Waals surface area contributed by atoms with Gasteiger partial charge in [0, 0.05) is 10.9 Å². The molecule has 1 unspecified atom stereocenters. The van der Waals surface area contributed by atoms with Gasteiger partial charge in [-0.25, -0.2) is 9.97 Å². The normalized spacial score (nSPS) is 12.3. The van der Waals surface area contributed by atoms with Crippen LogP contribution in [-0.2, 0) is 4.79 Å². The van der Waals surface area contributed by atoms with Crippen LogP contribution in [0.4, 0.5) is 0 Å². The molecule has 0 fully saturated rings. The van der Waals surface area contributed by atoms with Crippen molar-refractivity contribution in [2.75, 3.05) is 7.11 Å². The van der Waals surface area contributed by atoms with Crippen molar-refractivity contribution in [3.63, 3.8) is 0 Å². The Morgan fingerprint density at radius 3 is 2.70 bits per heavy atom. The Morgan fingerprint density at radius 2 is 2.04 bits per heavy atom. The summed E-state index contributed by atoms with van der Waals surface area (Å²) in [5, 5.41) is 3.44. The van der Waals surface area contributed by atoms with E-state index in [9.17, 15) is 4.79 Å². The number of carbonyl (C=O) groups excluding carboxylic acids is 1. The molecule has 0 aliphatic heterocycles. The fourth-order valence-corrected chi connectivity index (χ4v) is 4.01. The van der Waals surface area contributed by atoms with E-state index in [1.807, 2.05) is 24.3 Å². The Kier molecular flexibility index (Phi) is 4.49. The molecule has 0 aliphatic rings. The first kappa shape index (κ1) is 15.8. The number of fused-ring (bicyclic) bond motifs is 1. The van der Waals surface area contributed by atoms with E-state index >= 15 is 0 Å². The number of hydrogen-bond donors (Lipinski definition) is 1. The molecule has 0 saturated carbocycles. The molecule has 0 saturated heterocycles. The van der Waals surface area contributed by atoms with Crippen molar-refractivity contribution in [2.45, 2.75) is 17.2 Å². The monoisotopic (exact) mass is 345 g/mol. The number of hydrogen-bond acceptors (Lipinski definition) is 6. The number of rotatable bonds is 5. The molecule has 1 amide bonds. The average Bonchev–Trinajstić information content (AvgIpc) is 3.00. The second-order valence-corrected chi connectivity index (χ2v) is 7.09. The number of primary amides is 1. The van der Waals surface area contributed by atoms with Crippen molar-refractivity contribution in [1.29, 1.82) is 0 Å². The van der Waals surface area contributed by atoms with E-state index in [2.05, 4.69) is 15.3 Å². The number of amides is 1. The summed E-state index contributed by atoms with van der Waals surface area (Å²) >= 11 is 2.92. The lowest BCUT2D eigenvalue weighted by Gasteiger charge is -2.09. The van der Waals surface area contributed by atoms with Crippen molar-refractivity contribution in [3.8, 4) is 16.9 Å². The Morgan fingerprint density at radius 1 is 1.30 bits per heavy atom. The zero-order valence-electron chi connectivity index (χ0n) is 12.6. The van der Waals surface area contributed by atoms with E-state index in [0.29, 0.717) is 0 Å². The third-order valence-corrected chi connectivity index (χ3v) is 5.43. The van der Waals surface area contributed by atoms with Crippen LogP contribution in [0.5, 0.6) is 5.75 Å². The predicted octanol–water partition coefficient (Wildman–Crippen LogP) is 3.33. The minimum Gasteiger partial charge on any atom is -0.497 e. The first-order chi connectivity index (χ1) is 11.1. The van der Waals surface area contributed by atoms with Gasteiger partial charge in [0.1, 0.15) is 21.9 Å². The number of benzene rings is 1. The minimum absolute atomic E-state index is 0.350. The fourth-order valence-electron chi connectivity index (χ4n) is 2.15. The van der Waals surface area contributed by atoms with Gasteiger partial charge in [-0.05, 0) is 24.6 Å². The molecule has 7 heteroatoms. The summed E-state index contributed by atoms with van der Waals surface area (Å²) in [4.78, 5) is 20.9. The second-order valence-electron chi connectivity index (χ2n) is 4.90. The molecule has 2 aromatic heterocycles. The molecule has 2 heterocycles.